The number of nitrogens with two attached hydrogens (primary N) is 1. The van der Waals surface area contributed by atoms with Crippen molar-refractivity contribution in [2.75, 3.05) is 26.3 Å². The first-order valence-electron chi connectivity index (χ1n) is 5.69. The van der Waals surface area contributed by atoms with Gasteiger partial charge in [-0.05, 0) is 26.2 Å². The predicted octanol–water partition coefficient (Wildman–Crippen LogP) is 0.609. The summed E-state index contributed by atoms with van der Waals surface area (Å²) in [6, 6.07) is 0.463. The Morgan fingerprint density at radius 2 is 2.33 bits per heavy atom. The zero-order chi connectivity index (χ0) is 11.3. The van der Waals surface area contributed by atoms with Crippen molar-refractivity contribution in [3.05, 3.63) is 0 Å². The number of ether oxygens (including phenoxy) is 1. The lowest BCUT2D eigenvalue weighted by atomic mass is 10.1. The van der Waals surface area contributed by atoms with Crippen molar-refractivity contribution in [1.82, 2.24) is 4.90 Å². The van der Waals surface area contributed by atoms with Gasteiger partial charge in [-0.3, -0.25) is 4.79 Å². The van der Waals surface area contributed by atoms with Crippen LogP contribution in [0.5, 0.6) is 0 Å². The standard InChI is InChI=1S/C11H22N2O2/c1-9(2)13(5-3-11(12)14)7-10-4-6-15-8-10/h9-10H,3-8H2,1-2H3,(H2,12,14)/t10-/m1/s1. The molecule has 1 heterocycles. The smallest absolute Gasteiger partial charge is 0.218 e. The molecule has 0 aromatic carbocycles. The molecule has 0 saturated carbocycles. The molecule has 1 aliphatic heterocycles. The fraction of sp³-hybridized carbons (Fsp3) is 0.909. The molecule has 1 amide bonds. The number of carbonyl (C=O) groups is 1. The second-order valence-electron chi connectivity index (χ2n) is 4.53. The maximum absolute atomic E-state index is 10.7. The molecule has 0 unspecified atom stereocenters. The van der Waals surface area contributed by atoms with E-state index >= 15 is 0 Å². The molecule has 1 rings (SSSR count). The molecule has 15 heavy (non-hydrogen) atoms. The van der Waals surface area contributed by atoms with Crippen molar-refractivity contribution >= 4 is 5.91 Å². The average Bonchev–Trinajstić information content (AvgIpc) is 2.63. The number of rotatable bonds is 6. The molecule has 4 nitrogen and oxygen atoms in total. The van der Waals surface area contributed by atoms with Crippen LogP contribution in [0.4, 0.5) is 0 Å². The third-order valence-corrected chi connectivity index (χ3v) is 2.89. The van der Waals surface area contributed by atoms with Crippen LogP contribution in [0.2, 0.25) is 0 Å². The number of primary amides is 1. The number of hydrogen-bond acceptors (Lipinski definition) is 3. The third kappa shape index (κ3) is 4.62. The highest BCUT2D eigenvalue weighted by Crippen LogP contribution is 2.15. The van der Waals surface area contributed by atoms with Crippen LogP contribution in [0.25, 0.3) is 0 Å². The van der Waals surface area contributed by atoms with Crippen molar-refractivity contribution in [3.63, 3.8) is 0 Å². The molecule has 0 aromatic rings. The van der Waals surface area contributed by atoms with E-state index in [4.69, 9.17) is 10.5 Å². The van der Waals surface area contributed by atoms with Crippen molar-refractivity contribution in [1.29, 1.82) is 0 Å². The molecular weight excluding hydrogens is 192 g/mol. The Hall–Kier alpha value is -0.610. The Bertz CT molecular complexity index is 201. The van der Waals surface area contributed by atoms with Crippen LogP contribution >= 0.6 is 0 Å². The lowest BCUT2D eigenvalue weighted by Gasteiger charge is -2.28. The molecule has 1 atom stereocenters. The number of nitrogens with zero attached hydrogens (tertiary/aromatic N) is 1. The van der Waals surface area contributed by atoms with E-state index in [1.165, 1.54) is 0 Å². The molecule has 1 saturated heterocycles. The molecule has 2 N–H and O–H groups in total. The molecule has 88 valence electrons. The molecule has 1 fully saturated rings. The Balaban J connectivity index is 2.32. The maximum atomic E-state index is 10.7. The summed E-state index contributed by atoms with van der Waals surface area (Å²) >= 11 is 0. The average molecular weight is 214 g/mol. The van der Waals surface area contributed by atoms with Gasteiger partial charge in [0.15, 0.2) is 0 Å². The lowest BCUT2D eigenvalue weighted by molar-refractivity contribution is -0.118. The van der Waals surface area contributed by atoms with Gasteiger partial charge in [0.2, 0.25) is 5.91 Å². The van der Waals surface area contributed by atoms with Crippen molar-refractivity contribution in [3.8, 4) is 0 Å². The zero-order valence-corrected chi connectivity index (χ0v) is 9.74. The Morgan fingerprint density at radius 3 is 2.80 bits per heavy atom. The van der Waals surface area contributed by atoms with Gasteiger partial charge in [-0.15, -0.1) is 0 Å². The first-order chi connectivity index (χ1) is 7.09. The van der Waals surface area contributed by atoms with E-state index in [1.807, 2.05) is 0 Å². The van der Waals surface area contributed by atoms with E-state index in [-0.39, 0.29) is 5.91 Å². The van der Waals surface area contributed by atoms with Gasteiger partial charge in [0.1, 0.15) is 0 Å². The Morgan fingerprint density at radius 1 is 1.60 bits per heavy atom. The summed E-state index contributed by atoms with van der Waals surface area (Å²) in [5.41, 5.74) is 5.16. The molecule has 0 bridgehead atoms. The third-order valence-electron chi connectivity index (χ3n) is 2.89. The van der Waals surface area contributed by atoms with Gasteiger partial charge in [0.05, 0.1) is 6.61 Å². The van der Waals surface area contributed by atoms with Crippen LogP contribution in [-0.4, -0.2) is 43.2 Å². The number of hydrogen-bond donors (Lipinski definition) is 1. The number of amides is 1. The molecule has 0 aromatic heterocycles. The SMILES string of the molecule is CC(C)N(CCC(N)=O)C[C@H]1CCOC1. The molecule has 0 aliphatic carbocycles. The largest absolute Gasteiger partial charge is 0.381 e. The molecule has 0 spiro atoms. The second-order valence-corrected chi connectivity index (χ2v) is 4.53. The fourth-order valence-corrected chi connectivity index (χ4v) is 1.87. The van der Waals surface area contributed by atoms with Crippen LogP contribution < -0.4 is 5.73 Å². The van der Waals surface area contributed by atoms with E-state index in [9.17, 15) is 4.79 Å². The zero-order valence-electron chi connectivity index (χ0n) is 9.74. The molecular formula is C11H22N2O2. The maximum Gasteiger partial charge on any atom is 0.218 e. The van der Waals surface area contributed by atoms with Gasteiger partial charge in [-0.25, -0.2) is 0 Å². The van der Waals surface area contributed by atoms with Crippen LogP contribution in [0, 0.1) is 5.92 Å². The van der Waals surface area contributed by atoms with Crippen molar-refractivity contribution < 1.29 is 9.53 Å². The fourth-order valence-electron chi connectivity index (χ4n) is 1.87. The Labute approximate surface area is 91.8 Å². The highest BCUT2D eigenvalue weighted by Gasteiger charge is 2.20. The summed E-state index contributed by atoms with van der Waals surface area (Å²) in [4.78, 5) is 13.0. The number of carbonyl (C=O) groups excluding carboxylic acids is 1. The predicted molar refractivity (Wildman–Crippen MR) is 59.4 cm³/mol. The van der Waals surface area contributed by atoms with Crippen LogP contribution in [0.15, 0.2) is 0 Å². The monoisotopic (exact) mass is 214 g/mol. The van der Waals surface area contributed by atoms with E-state index in [2.05, 4.69) is 18.7 Å². The topological polar surface area (TPSA) is 55.6 Å². The minimum atomic E-state index is -0.219. The van der Waals surface area contributed by atoms with Gasteiger partial charge in [0, 0.05) is 32.2 Å². The summed E-state index contributed by atoms with van der Waals surface area (Å²) in [5.74, 6) is 0.406. The van der Waals surface area contributed by atoms with Gasteiger partial charge in [-0.2, -0.15) is 0 Å². The van der Waals surface area contributed by atoms with Crippen molar-refractivity contribution in [2.45, 2.75) is 32.7 Å². The molecule has 1 aliphatic rings. The van der Waals surface area contributed by atoms with Crippen LogP contribution in [0.1, 0.15) is 26.7 Å². The quantitative estimate of drug-likeness (QED) is 0.704. The van der Waals surface area contributed by atoms with Crippen LogP contribution in [-0.2, 0) is 9.53 Å². The summed E-state index contributed by atoms with van der Waals surface area (Å²) in [7, 11) is 0. The van der Waals surface area contributed by atoms with Gasteiger partial charge >= 0.3 is 0 Å². The highest BCUT2D eigenvalue weighted by molar-refractivity contribution is 5.73. The summed E-state index contributed by atoms with van der Waals surface area (Å²) in [6.45, 7) is 7.83. The second kappa shape index (κ2) is 6.08. The van der Waals surface area contributed by atoms with E-state index in [0.717, 1.165) is 32.7 Å². The summed E-state index contributed by atoms with van der Waals surface area (Å²) in [6.07, 6.45) is 1.59. The molecule has 4 heteroatoms. The first kappa shape index (κ1) is 12.5. The van der Waals surface area contributed by atoms with Gasteiger partial charge in [0.25, 0.3) is 0 Å². The summed E-state index contributed by atoms with van der Waals surface area (Å²) < 4.78 is 5.35. The van der Waals surface area contributed by atoms with Gasteiger partial charge in [-0.1, -0.05) is 0 Å². The van der Waals surface area contributed by atoms with E-state index in [1.54, 1.807) is 0 Å². The lowest BCUT2D eigenvalue weighted by Crippen LogP contribution is -2.37. The molecule has 0 radical (unpaired) electrons. The van der Waals surface area contributed by atoms with Gasteiger partial charge < -0.3 is 15.4 Å². The highest BCUT2D eigenvalue weighted by atomic mass is 16.5. The normalized spacial score (nSPS) is 21.5. The van der Waals surface area contributed by atoms with E-state index in [0.29, 0.717) is 18.4 Å². The Kier molecular flexibility index (Phi) is 5.05. The summed E-state index contributed by atoms with van der Waals surface area (Å²) in [5, 5.41) is 0. The minimum absolute atomic E-state index is 0.219. The van der Waals surface area contributed by atoms with E-state index < -0.39 is 0 Å². The van der Waals surface area contributed by atoms with Crippen LogP contribution in [0.3, 0.4) is 0 Å². The minimum Gasteiger partial charge on any atom is -0.381 e. The first-order valence-corrected chi connectivity index (χ1v) is 5.69. The van der Waals surface area contributed by atoms with Crippen molar-refractivity contribution in [2.24, 2.45) is 11.7 Å².